The zero-order chi connectivity index (χ0) is 19.1. The van der Waals surface area contributed by atoms with Gasteiger partial charge in [0.1, 0.15) is 11.5 Å². The zero-order valence-electron chi connectivity index (χ0n) is 15.5. The number of ether oxygens (including phenoxy) is 2. The predicted molar refractivity (Wildman–Crippen MR) is 105 cm³/mol. The number of rotatable bonds is 7. The number of benzene rings is 2. The van der Waals surface area contributed by atoms with Gasteiger partial charge >= 0.3 is 0 Å². The number of carbonyl (C=O) groups is 1. The minimum Gasteiger partial charge on any atom is -0.497 e. The Morgan fingerprint density at radius 3 is 2.33 bits per heavy atom. The highest BCUT2D eigenvalue weighted by Crippen LogP contribution is 2.22. The SMILES string of the molecule is COc1ccc(N(Cc2cccnc2)C(=O)COc2ccc(C)cc2)cc1. The molecule has 0 N–H and O–H groups in total. The minimum atomic E-state index is -0.135. The second-order valence-corrected chi connectivity index (χ2v) is 6.14. The van der Waals surface area contributed by atoms with Crippen LogP contribution in [0.2, 0.25) is 0 Å². The van der Waals surface area contributed by atoms with Crippen LogP contribution in [0, 0.1) is 6.92 Å². The van der Waals surface area contributed by atoms with Crippen LogP contribution in [0.15, 0.2) is 73.1 Å². The monoisotopic (exact) mass is 362 g/mol. The summed E-state index contributed by atoms with van der Waals surface area (Å²) in [7, 11) is 1.61. The zero-order valence-corrected chi connectivity index (χ0v) is 15.5. The van der Waals surface area contributed by atoms with Crippen LogP contribution in [-0.2, 0) is 11.3 Å². The molecule has 0 bridgehead atoms. The lowest BCUT2D eigenvalue weighted by atomic mass is 10.2. The topological polar surface area (TPSA) is 51.7 Å². The standard InChI is InChI=1S/C22H22N2O3/c1-17-5-9-21(10-6-17)27-16-22(25)24(15-18-4-3-13-23-14-18)19-7-11-20(26-2)12-8-19/h3-14H,15-16H2,1-2H3. The van der Waals surface area contributed by atoms with Crippen molar-refractivity contribution in [3.05, 3.63) is 84.2 Å². The van der Waals surface area contributed by atoms with Crippen molar-refractivity contribution in [1.29, 1.82) is 0 Å². The van der Waals surface area contributed by atoms with E-state index >= 15 is 0 Å². The molecule has 1 amide bonds. The molecule has 0 aliphatic rings. The molecule has 1 heterocycles. The Kier molecular flexibility index (Phi) is 6.05. The van der Waals surface area contributed by atoms with E-state index < -0.39 is 0 Å². The van der Waals surface area contributed by atoms with E-state index in [1.54, 1.807) is 24.4 Å². The van der Waals surface area contributed by atoms with Crippen molar-refractivity contribution in [1.82, 2.24) is 4.98 Å². The summed E-state index contributed by atoms with van der Waals surface area (Å²) in [6.45, 7) is 2.37. The Morgan fingerprint density at radius 1 is 1.00 bits per heavy atom. The van der Waals surface area contributed by atoms with E-state index in [9.17, 15) is 4.79 Å². The molecule has 0 saturated carbocycles. The Labute approximate surface area is 159 Å². The fourth-order valence-electron chi connectivity index (χ4n) is 2.62. The van der Waals surface area contributed by atoms with Gasteiger partial charge in [0, 0.05) is 18.1 Å². The van der Waals surface area contributed by atoms with Crippen molar-refractivity contribution in [2.45, 2.75) is 13.5 Å². The molecule has 3 aromatic rings. The van der Waals surface area contributed by atoms with Gasteiger partial charge in [-0.3, -0.25) is 9.78 Å². The van der Waals surface area contributed by atoms with E-state index in [4.69, 9.17) is 9.47 Å². The van der Waals surface area contributed by atoms with Gasteiger partial charge in [0.05, 0.1) is 13.7 Å². The van der Waals surface area contributed by atoms with Gasteiger partial charge in [0.2, 0.25) is 0 Å². The minimum absolute atomic E-state index is 0.0463. The van der Waals surface area contributed by atoms with Crippen molar-refractivity contribution in [3.63, 3.8) is 0 Å². The smallest absolute Gasteiger partial charge is 0.265 e. The highest BCUT2D eigenvalue weighted by Gasteiger charge is 2.17. The molecule has 0 atom stereocenters. The molecule has 3 rings (SSSR count). The number of nitrogens with zero attached hydrogens (tertiary/aromatic N) is 2. The van der Waals surface area contributed by atoms with E-state index in [0.29, 0.717) is 12.3 Å². The van der Waals surface area contributed by atoms with E-state index in [-0.39, 0.29) is 12.5 Å². The second-order valence-electron chi connectivity index (χ2n) is 6.14. The maximum Gasteiger partial charge on any atom is 0.265 e. The van der Waals surface area contributed by atoms with E-state index in [1.165, 1.54) is 0 Å². The number of anilines is 1. The van der Waals surface area contributed by atoms with Crippen molar-refractivity contribution in [2.24, 2.45) is 0 Å². The van der Waals surface area contributed by atoms with E-state index in [1.807, 2.05) is 67.6 Å². The molecular formula is C22H22N2O3. The summed E-state index contributed by atoms with van der Waals surface area (Å²) in [6, 6.07) is 18.8. The number of methoxy groups -OCH3 is 1. The summed E-state index contributed by atoms with van der Waals surface area (Å²) in [5, 5.41) is 0. The lowest BCUT2D eigenvalue weighted by molar-refractivity contribution is -0.120. The normalized spacial score (nSPS) is 10.3. The van der Waals surface area contributed by atoms with Crippen LogP contribution in [-0.4, -0.2) is 24.6 Å². The largest absolute Gasteiger partial charge is 0.497 e. The molecule has 1 aromatic heterocycles. The third kappa shape index (κ3) is 5.07. The first-order valence-corrected chi connectivity index (χ1v) is 8.68. The molecular weight excluding hydrogens is 340 g/mol. The number of aromatic nitrogens is 1. The molecule has 0 saturated heterocycles. The van der Waals surface area contributed by atoms with Gasteiger partial charge in [-0.15, -0.1) is 0 Å². The van der Waals surface area contributed by atoms with Crippen molar-refractivity contribution in [2.75, 3.05) is 18.6 Å². The molecule has 0 radical (unpaired) electrons. The Hall–Kier alpha value is -3.34. The van der Waals surface area contributed by atoms with Crippen LogP contribution in [0.1, 0.15) is 11.1 Å². The predicted octanol–water partition coefficient (Wildman–Crippen LogP) is 4.01. The van der Waals surface area contributed by atoms with Crippen LogP contribution in [0.25, 0.3) is 0 Å². The fourth-order valence-corrected chi connectivity index (χ4v) is 2.62. The highest BCUT2D eigenvalue weighted by atomic mass is 16.5. The molecule has 0 aliphatic carbocycles. The molecule has 27 heavy (non-hydrogen) atoms. The first-order valence-electron chi connectivity index (χ1n) is 8.68. The van der Waals surface area contributed by atoms with Gasteiger partial charge in [-0.1, -0.05) is 23.8 Å². The number of amides is 1. The Balaban J connectivity index is 1.76. The average Bonchev–Trinajstić information content (AvgIpc) is 2.72. The van der Waals surface area contributed by atoms with Crippen molar-refractivity contribution < 1.29 is 14.3 Å². The van der Waals surface area contributed by atoms with Gasteiger partial charge in [-0.25, -0.2) is 0 Å². The molecule has 0 fully saturated rings. The van der Waals surface area contributed by atoms with Gasteiger partial charge < -0.3 is 14.4 Å². The average molecular weight is 362 g/mol. The van der Waals surface area contributed by atoms with Crippen LogP contribution >= 0.6 is 0 Å². The molecule has 2 aromatic carbocycles. The van der Waals surface area contributed by atoms with Crippen molar-refractivity contribution >= 4 is 11.6 Å². The summed E-state index contributed by atoms with van der Waals surface area (Å²) in [4.78, 5) is 18.7. The number of hydrogen-bond donors (Lipinski definition) is 0. The first-order chi connectivity index (χ1) is 13.2. The summed E-state index contributed by atoms with van der Waals surface area (Å²) in [6.07, 6.45) is 3.47. The third-order valence-electron chi connectivity index (χ3n) is 4.13. The van der Waals surface area contributed by atoms with Gasteiger partial charge in [0.25, 0.3) is 5.91 Å². The number of aryl methyl sites for hydroxylation is 1. The van der Waals surface area contributed by atoms with Crippen LogP contribution < -0.4 is 14.4 Å². The molecule has 0 unspecified atom stereocenters. The highest BCUT2D eigenvalue weighted by molar-refractivity contribution is 5.94. The maximum atomic E-state index is 12.9. The molecule has 5 heteroatoms. The molecule has 0 aliphatic heterocycles. The first kappa shape index (κ1) is 18.5. The molecule has 0 spiro atoms. The van der Waals surface area contributed by atoms with Gasteiger partial charge in [0.15, 0.2) is 6.61 Å². The number of carbonyl (C=O) groups excluding carboxylic acids is 1. The van der Waals surface area contributed by atoms with E-state index in [2.05, 4.69) is 4.98 Å². The summed E-state index contributed by atoms with van der Waals surface area (Å²) >= 11 is 0. The fraction of sp³-hybridized carbons (Fsp3) is 0.182. The Bertz CT molecular complexity index is 862. The maximum absolute atomic E-state index is 12.9. The quantitative estimate of drug-likeness (QED) is 0.637. The second kappa shape index (κ2) is 8.85. The van der Waals surface area contributed by atoms with Gasteiger partial charge in [-0.2, -0.15) is 0 Å². The van der Waals surface area contributed by atoms with Gasteiger partial charge in [-0.05, 0) is 55.0 Å². The molecule has 5 nitrogen and oxygen atoms in total. The Morgan fingerprint density at radius 2 is 1.70 bits per heavy atom. The lowest BCUT2D eigenvalue weighted by Crippen LogP contribution is -2.34. The van der Waals surface area contributed by atoms with Crippen LogP contribution in [0.4, 0.5) is 5.69 Å². The summed E-state index contributed by atoms with van der Waals surface area (Å²) in [5.41, 5.74) is 2.86. The van der Waals surface area contributed by atoms with Crippen LogP contribution in [0.3, 0.4) is 0 Å². The number of hydrogen-bond acceptors (Lipinski definition) is 4. The lowest BCUT2D eigenvalue weighted by Gasteiger charge is -2.23. The third-order valence-corrected chi connectivity index (χ3v) is 4.13. The summed E-state index contributed by atoms with van der Waals surface area (Å²) < 4.78 is 10.9. The van der Waals surface area contributed by atoms with Crippen molar-refractivity contribution in [3.8, 4) is 11.5 Å². The summed E-state index contributed by atoms with van der Waals surface area (Å²) in [5.74, 6) is 1.28. The van der Waals surface area contributed by atoms with Crippen LogP contribution in [0.5, 0.6) is 11.5 Å². The van der Waals surface area contributed by atoms with E-state index in [0.717, 1.165) is 22.6 Å². The molecule has 138 valence electrons. The number of pyridine rings is 1.